The number of nitrogens with one attached hydrogen (secondary N) is 1. The predicted octanol–water partition coefficient (Wildman–Crippen LogP) is 7.28. The molecule has 1 saturated heterocycles. The Hall–Kier alpha value is -2.44. The zero-order chi connectivity index (χ0) is 27.3. The van der Waals surface area contributed by atoms with Crippen LogP contribution in [0.5, 0.6) is 5.88 Å². The molecule has 8 rings (SSSR count). The molecule has 2 unspecified atom stereocenters. The Balaban J connectivity index is 1.41. The molecule has 0 radical (unpaired) electrons. The number of ether oxygens (including phenoxy) is 1. The summed E-state index contributed by atoms with van der Waals surface area (Å²) < 4.78 is 7.04. The second-order valence-corrected chi connectivity index (χ2v) is 14.0. The molecule has 40 heavy (non-hydrogen) atoms. The summed E-state index contributed by atoms with van der Waals surface area (Å²) in [6.07, 6.45) is 10.3. The molecule has 2 heterocycles. The minimum atomic E-state index is -0.243. The third kappa shape index (κ3) is 4.85. The number of piperidine rings is 1. The molecule has 1 amide bonds. The number of aromatic nitrogens is 1. The quantitative estimate of drug-likeness (QED) is 0.309. The van der Waals surface area contributed by atoms with E-state index in [0.717, 1.165) is 89.4 Å². The second-order valence-electron chi connectivity index (χ2n) is 13.1. The summed E-state index contributed by atoms with van der Waals surface area (Å²) in [5.41, 5.74) is 2.93. The van der Waals surface area contributed by atoms with Gasteiger partial charge in [-0.2, -0.15) is 0 Å². The molecule has 1 N–H and O–H groups in total. The highest BCUT2D eigenvalue weighted by atomic mass is 79.9. The van der Waals surface area contributed by atoms with Gasteiger partial charge in [-0.15, -0.1) is 0 Å². The van der Waals surface area contributed by atoms with Gasteiger partial charge in [-0.05, 0) is 118 Å². The van der Waals surface area contributed by atoms with Crippen molar-refractivity contribution in [3.05, 3.63) is 70.2 Å². The van der Waals surface area contributed by atoms with Gasteiger partial charge in [0.05, 0.1) is 18.7 Å². The average Bonchev–Trinajstić information content (AvgIpc) is 2.95. The Morgan fingerprint density at radius 1 is 1.07 bits per heavy atom. The van der Waals surface area contributed by atoms with Crippen LogP contribution in [0.4, 0.5) is 0 Å². The molecule has 4 saturated carbocycles. The van der Waals surface area contributed by atoms with Gasteiger partial charge in [0.25, 0.3) is 0 Å². The summed E-state index contributed by atoms with van der Waals surface area (Å²) in [5, 5.41) is 4.60. The van der Waals surface area contributed by atoms with Crippen molar-refractivity contribution in [2.24, 2.45) is 23.7 Å². The van der Waals surface area contributed by atoms with Crippen molar-refractivity contribution in [2.75, 3.05) is 20.2 Å². The van der Waals surface area contributed by atoms with E-state index >= 15 is 0 Å². The van der Waals surface area contributed by atoms with Crippen molar-refractivity contribution in [1.82, 2.24) is 15.2 Å². The van der Waals surface area contributed by atoms with Gasteiger partial charge < -0.3 is 15.0 Å². The molecule has 4 bridgehead atoms. The van der Waals surface area contributed by atoms with Crippen molar-refractivity contribution in [2.45, 2.75) is 69.4 Å². The highest BCUT2D eigenvalue weighted by molar-refractivity contribution is 9.10. The molecule has 210 valence electrons. The third-order valence-electron chi connectivity index (χ3n) is 10.3. The van der Waals surface area contributed by atoms with Gasteiger partial charge >= 0.3 is 0 Å². The van der Waals surface area contributed by atoms with Gasteiger partial charge in [-0.3, -0.25) is 4.79 Å². The number of halogens is 1. The number of methoxy groups -OCH3 is 1. The van der Waals surface area contributed by atoms with Crippen LogP contribution in [0.15, 0.2) is 59.1 Å². The molecule has 1 aliphatic heterocycles. The highest BCUT2D eigenvalue weighted by Crippen LogP contribution is 2.60. The van der Waals surface area contributed by atoms with Gasteiger partial charge in [-0.1, -0.05) is 46.3 Å². The fraction of sp³-hybridized carbons (Fsp3) is 0.529. The maximum atomic E-state index is 14.9. The lowest BCUT2D eigenvalue weighted by Crippen LogP contribution is -2.62. The number of hydrogen-bond donors (Lipinski definition) is 1. The SMILES string of the molecule is COc1nc2ccc(Br)cc2cc1C(c1ccccc1)N(C(=O)CC1CCCNC1)C12CC3CC(CC(C3)C1)C2. The van der Waals surface area contributed by atoms with Crippen LogP contribution < -0.4 is 10.1 Å². The summed E-state index contributed by atoms with van der Waals surface area (Å²) in [6.45, 7) is 2.00. The first-order valence-corrected chi connectivity index (χ1v) is 16.0. The Kier molecular flexibility index (Phi) is 7.11. The van der Waals surface area contributed by atoms with E-state index in [9.17, 15) is 4.79 Å². The van der Waals surface area contributed by atoms with Crippen molar-refractivity contribution < 1.29 is 9.53 Å². The molecule has 2 aromatic carbocycles. The minimum Gasteiger partial charge on any atom is -0.481 e. The number of rotatable bonds is 7. The minimum absolute atomic E-state index is 0.105. The maximum absolute atomic E-state index is 14.9. The molecule has 5 nitrogen and oxygen atoms in total. The normalized spacial score (nSPS) is 29.9. The van der Waals surface area contributed by atoms with Crippen molar-refractivity contribution in [3.63, 3.8) is 0 Å². The summed E-state index contributed by atoms with van der Waals surface area (Å²) in [4.78, 5) is 22.2. The monoisotopic (exact) mass is 601 g/mol. The topological polar surface area (TPSA) is 54.5 Å². The van der Waals surface area contributed by atoms with Crippen LogP contribution in [0, 0.1) is 23.7 Å². The number of benzene rings is 2. The van der Waals surface area contributed by atoms with E-state index in [1.54, 1.807) is 7.11 Å². The van der Waals surface area contributed by atoms with Crippen LogP contribution in [-0.4, -0.2) is 41.5 Å². The average molecular weight is 603 g/mol. The van der Waals surface area contributed by atoms with E-state index in [4.69, 9.17) is 9.72 Å². The smallest absolute Gasteiger partial charge is 0.224 e. The van der Waals surface area contributed by atoms with E-state index in [0.29, 0.717) is 24.1 Å². The number of nitrogens with zero attached hydrogens (tertiary/aromatic N) is 2. The number of pyridine rings is 1. The Morgan fingerprint density at radius 2 is 1.80 bits per heavy atom. The first kappa shape index (κ1) is 26.5. The first-order valence-electron chi connectivity index (χ1n) is 15.2. The van der Waals surface area contributed by atoms with Crippen molar-refractivity contribution in [3.8, 4) is 5.88 Å². The van der Waals surface area contributed by atoms with Crippen LogP contribution >= 0.6 is 15.9 Å². The largest absolute Gasteiger partial charge is 0.481 e. The first-order chi connectivity index (χ1) is 19.5. The third-order valence-corrected chi connectivity index (χ3v) is 10.8. The van der Waals surface area contributed by atoms with E-state index in [1.165, 1.54) is 19.3 Å². The fourth-order valence-corrected chi connectivity index (χ4v) is 9.47. The highest BCUT2D eigenvalue weighted by Gasteiger charge is 2.56. The van der Waals surface area contributed by atoms with Gasteiger partial charge in [0.15, 0.2) is 0 Å². The van der Waals surface area contributed by atoms with Crippen LogP contribution in [-0.2, 0) is 4.79 Å². The molecule has 5 fully saturated rings. The molecule has 0 spiro atoms. The second kappa shape index (κ2) is 10.8. The lowest BCUT2D eigenvalue weighted by Gasteiger charge is -2.62. The van der Waals surface area contributed by atoms with Gasteiger partial charge in [0, 0.05) is 27.4 Å². The Labute approximate surface area is 246 Å². The Morgan fingerprint density at radius 3 is 2.45 bits per heavy atom. The number of carbonyl (C=O) groups excluding carboxylic acids is 1. The standard InChI is InChI=1S/C34H40BrN3O2/c1-40-33-29(17-27-16-28(35)9-10-30(27)37-33)32(26-7-3-2-4-8-26)38(31(39)15-22-6-5-11-36-21-22)34-18-23-12-24(19-34)14-25(13-23)20-34/h2-4,7-10,16-17,22-25,32,36H,5-6,11-15,18-21H2,1H3. The van der Waals surface area contributed by atoms with Crippen LogP contribution in [0.1, 0.15) is 75.0 Å². The predicted molar refractivity (Wildman–Crippen MR) is 162 cm³/mol. The van der Waals surface area contributed by atoms with E-state index in [1.807, 2.05) is 12.1 Å². The lowest BCUT2D eigenvalue weighted by atomic mass is 9.52. The van der Waals surface area contributed by atoms with Crippen molar-refractivity contribution in [1.29, 1.82) is 0 Å². The van der Waals surface area contributed by atoms with E-state index in [-0.39, 0.29) is 11.6 Å². The van der Waals surface area contributed by atoms with Gasteiger partial charge in [-0.25, -0.2) is 4.98 Å². The van der Waals surface area contributed by atoms with Crippen LogP contribution in [0.2, 0.25) is 0 Å². The van der Waals surface area contributed by atoms with E-state index in [2.05, 4.69) is 68.6 Å². The molecule has 2 atom stereocenters. The molecule has 4 aliphatic carbocycles. The molecule has 1 aromatic heterocycles. The molecule has 3 aromatic rings. The van der Waals surface area contributed by atoms with E-state index < -0.39 is 0 Å². The zero-order valence-corrected chi connectivity index (χ0v) is 25.0. The van der Waals surface area contributed by atoms with Gasteiger partial charge in [0.1, 0.15) is 0 Å². The molecular formula is C34H40BrN3O2. The zero-order valence-electron chi connectivity index (χ0n) is 23.4. The molecular weight excluding hydrogens is 562 g/mol. The molecule has 5 aliphatic rings. The number of fused-ring (bicyclic) bond motifs is 1. The lowest BCUT2D eigenvalue weighted by molar-refractivity contribution is -0.156. The van der Waals surface area contributed by atoms with Crippen LogP contribution in [0.3, 0.4) is 0 Å². The fourth-order valence-electron chi connectivity index (χ4n) is 9.09. The summed E-state index contributed by atoms with van der Waals surface area (Å²) in [5.74, 6) is 3.53. The number of hydrogen-bond acceptors (Lipinski definition) is 4. The summed E-state index contributed by atoms with van der Waals surface area (Å²) in [6, 6.07) is 18.8. The number of amides is 1. The number of carbonyl (C=O) groups is 1. The van der Waals surface area contributed by atoms with Crippen molar-refractivity contribution >= 4 is 32.7 Å². The summed E-state index contributed by atoms with van der Waals surface area (Å²) in [7, 11) is 1.71. The maximum Gasteiger partial charge on any atom is 0.224 e. The molecule has 6 heteroatoms. The summed E-state index contributed by atoms with van der Waals surface area (Å²) >= 11 is 3.66. The van der Waals surface area contributed by atoms with Gasteiger partial charge in [0.2, 0.25) is 11.8 Å². The van der Waals surface area contributed by atoms with Crippen LogP contribution in [0.25, 0.3) is 10.9 Å². The Bertz CT molecular complexity index is 1350.